The van der Waals surface area contributed by atoms with Crippen molar-refractivity contribution in [3.8, 4) is 11.1 Å². The Bertz CT molecular complexity index is 3240. The first-order valence-electron chi connectivity index (χ1n) is 24.9. The molecule has 0 radical (unpaired) electrons. The Hall–Kier alpha value is -5.48. The molecule has 1 aromatic heterocycles. The molecule has 334 valence electrons. The van der Waals surface area contributed by atoms with Gasteiger partial charge in [-0.1, -0.05) is 145 Å². The first-order chi connectivity index (χ1) is 31.0. The van der Waals surface area contributed by atoms with Crippen LogP contribution in [0.5, 0.6) is 0 Å². The van der Waals surface area contributed by atoms with Gasteiger partial charge in [-0.2, -0.15) is 0 Å². The summed E-state index contributed by atoms with van der Waals surface area (Å²) in [7, 11) is 0. The van der Waals surface area contributed by atoms with Gasteiger partial charge < -0.3 is 14.2 Å². The van der Waals surface area contributed by atoms with Crippen LogP contribution in [0.2, 0.25) is 0 Å². The van der Waals surface area contributed by atoms with Gasteiger partial charge in [0.1, 0.15) is 5.58 Å². The Morgan fingerprint density at radius 3 is 1.73 bits per heavy atom. The number of hydrogen-bond donors (Lipinski definition) is 0. The number of anilines is 6. The Balaban J connectivity index is 1.23. The standard InChI is InChI=1S/C62H67BN2O/c1-36-30-50-54-51(31-36)65(48-21-17-20-42-53(48)39-18-15-16-19-41(39)62(42,13)14)49-34-45-44(59(7,8)27-28-60(45,9)10)33-47(49)63(54)56-55(64(50)38-24-22-37(23-25-38)57(2,3)4)40-32-43-46(35-52(40)66-56)61(11,12)29-26-58(43,5)6/h15-25,30-35H,26-29H2,1-14H3. The van der Waals surface area contributed by atoms with Crippen molar-refractivity contribution in [1.82, 2.24) is 0 Å². The van der Waals surface area contributed by atoms with Crippen LogP contribution in [0.4, 0.5) is 34.1 Å². The molecule has 4 heteroatoms. The zero-order valence-electron chi connectivity index (χ0n) is 42.0. The van der Waals surface area contributed by atoms with Gasteiger partial charge >= 0.3 is 0 Å². The third-order valence-corrected chi connectivity index (χ3v) is 17.6. The fourth-order valence-electron chi connectivity index (χ4n) is 13.3. The molecule has 2 aliphatic heterocycles. The summed E-state index contributed by atoms with van der Waals surface area (Å²) in [5.41, 5.74) is 26.1. The fraction of sp³-hybridized carbons (Fsp3) is 0.387. The second kappa shape index (κ2) is 13.1. The van der Waals surface area contributed by atoms with Crippen molar-refractivity contribution in [3.05, 3.63) is 148 Å². The van der Waals surface area contributed by atoms with Crippen LogP contribution in [0.1, 0.15) is 160 Å². The minimum Gasteiger partial charge on any atom is -0.468 e. The van der Waals surface area contributed by atoms with E-state index in [1.807, 2.05) is 0 Å². The van der Waals surface area contributed by atoms with Crippen LogP contribution in [-0.2, 0) is 32.5 Å². The summed E-state index contributed by atoms with van der Waals surface area (Å²) < 4.78 is 7.65. The highest BCUT2D eigenvalue weighted by Crippen LogP contribution is 2.57. The molecule has 0 saturated heterocycles. The van der Waals surface area contributed by atoms with E-state index in [2.05, 4.69) is 210 Å². The van der Waals surface area contributed by atoms with Crippen molar-refractivity contribution in [2.24, 2.45) is 0 Å². The minimum absolute atomic E-state index is 0.0283. The normalized spacial score (nSPS) is 19.6. The maximum atomic E-state index is 7.65. The molecule has 0 amide bonds. The largest absolute Gasteiger partial charge is 0.468 e. The Kier molecular flexibility index (Phi) is 8.35. The van der Waals surface area contributed by atoms with Crippen LogP contribution < -0.4 is 26.4 Å². The number of aryl methyl sites for hydroxylation is 1. The van der Waals surface area contributed by atoms with Gasteiger partial charge in [0.2, 0.25) is 0 Å². The second-order valence-electron chi connectivity index (χ2n) is 25.2. The molecule has 0 saturated carbocycles. The van der Waals surface area contributed by atoms with Crippen LogP contribution in [0.15, 0.2) is 108 Å². The summed E-state index contributed by atoms with van der Waals surface area (Å²) in [4.78, 5) is 5.27. The average Bonchev–Trinajstić information content (AvgIpc) is 3.74. The number of nitrogens with zero attached hydrogens (tertiary/aromatic N) is 2. The van der Waals surface area contributed by atoms with E-state index in [4.69, 9.17) is 4.42 Å². The van der Waals surface area contributed by atoms with E-state index in [1.165, 1.54) is 100 Å². The maximum absolute atomic E-state index is 7.65. The molecular formula is C62H67BN2O. The van der Waals surface area contributed by atoms with Crippen molar-refractivity contribution in [2.45, 2.75) is 155 Å². The van der Waals surface area contributed by atoms with Gasteiger partial charge in [-0.25, -0.2) is 0 Å². The SMILES string of the molecule is Cc1cc2c3c(c1)N(c1ccc(C(C)(C)C)cc1)c1c(oc4cc5c(cc14)C(C)(C)CCC5(C)C)B3c1cc3c(cc1N2c1cccc2c1-c1ccccc1C2(C)C)C(C)(C)CCC3(C)C. The molecule has 0 spiro atoms. The molecule has 7 aromatic rings. The van der Waals surface area contributed by atoms with Crippen molar-refractivity contribution in [2.75, 3.05) is 9.80 Å². The quantitative estimate of drug-likeness (QED) is 0.161. The lowest BCUT2D eigenvalue weighted by atomic mass is 9.35. The lowest BCUT2D eigenvalue weighted by molar-refractivity contribution is 0.332. The molecule has 0 unspecified atom stereocenters. The molecule has 0 bridgehead atoms. The van der Waals surface area contributed by atoms with Crippen LogP contribution in [0.3, 0.4) is 0 Å². The number of furan rings is 1. The second-order valence-corrected chi connectivity index (χ2v) is 25.2. The summed E-state index contributed by atoms with van der Waals surface area (Å²) in [6.45, 7) is 33.6. The predicted octanol–water partition coefficient (Wildman–Crippen LogP) is 15.1. The first kappa shape index (κ1) is 41.9. The smallest absolute Gasteiger partial charge is 0.297 e. The van der Waals surface area contributed by atoms with Gasteiger partial charge in [0.15, 0.2) is 0 Å². The number of hydrogen-bond acceptors (Lipinski definition) is 3. The topological polar surface area (TPSA) is 19.6 Å². The molecule has 0 atom stereocenters. The summed E-state index contributed by atoms with van der Waals surface area (Å²) >= 11 is 0. The summed E-state index contributed by atoms with van der Waals surface area (Å²) in [6.07, 6.45) is 4.64. The van der Waals surface area contributed by atoms with Crippen molar-refractivity contribution < 1.29 is 4.42 Å². The molecule has 66 heavy (non-hydrogen) atoms. The third kappa shape index (κ3) is 5.63. The first-order valence-corrected chi connectivity index (χ1v) is 24.9. The monoisotopic (exact) mass is 867 g/mol. The fourth-order valence-corrected chi connectivity index (χ4v) is 13.3. The summed E-state index contributed by atoms with van der Waals surface area (Å²) in [5, 5.41) is 1.21. The van der Waals surface area contributed by atoms with Gasteiger partial charge in [-0.3, -0.25) is 0 Å². The van der Waals surface area contributed by atoms with E-state index in [0.29, 0.717) is 0 Å². The minimum atomic E-state index is -0.127. The van der Waals surface area contributed by atoms with E-state index >= 15 is 0 Å². The van der Waals surface area contributed by atoms with E-state index < -0.39 is 0 Å². The molecule has 5 aliphatic rings. The maximum Gasteiger partial charge on any atom is 0.297 e. The zero-order valence-corrected chi connectivity index (χ0v) is 42.0. The molecule has 0 N–H and O–H groups in total. The highest BCUT2D eigenvalue weighted by Gasteiger charge is 2.50. The average molecular weight is 867 g/mol. The lowest BCUT2D eigenvalue weighted by Gasteiger charge is -2.47. The number of benzene rings is 6. The van der Waals surface area contributed by atoms with Gasteiger partial charge in [0.05, 0.1) is 17.0 Å². The van der Waals surface area contributed by atoms with Crippen molar-refractivity contribution in [1.29, 1.82) is 0 Å². The molecule has 3 aliphatic carbocycles. The van der Waals surface area contributed by atoms with Gasteiger partial charge in [-0.05, 0) is 169 Å². The number of fused-ring (bicyclic) bond motifs is 11. The van der Waals surface area contributed by atoms with E-state index in [0.717, 1.165) is 42.6 Å². The van der Waals surface area contributed by atoms with Crippen LogP contribution in [-0.4, -0.2) is 6.71 Å². The van der Waals surface area contributed by atoms with E-state index in [-0.39, 0.29) is 39.2 Å². The predicted molar refractivity (Wildman–Crippen MR) is 282 cm³/mol. The lowest BCUT2D eigenvalue weighted by Crippen LogP contribution is -2.61. The third-order valence-electron chi connectivity index (χ3n) is 17.6. The molecular weight excluding hydrogens is 800 g/mol. The summed E-state index contributed by atoms with van der Waals surface area (Å²) in [5.74, 6) is 0. The molecule has 3 heterocycles. The molecule has 3 nitrogen and oxygen atoms in total. The van der Waals surface area contributed by atoms with Crippen molar-refractivity contribution >= 4 is 68.4 Å². The molecule has 6 aromatic carbocycles. The Morgan fingerprint density at radius 1 is 0.530 bits per heavy atom. The Labute approximate surface area is 394 Å². The number of rotatable bonds is 2. The Morgan fingerprint density at radius 2 is 1.09 bits per heavy atom. The zero-order chi connectivity index (χ0) is 46.4. The molecule has 12 rings (SSSR count). The van der Waals surface area contributed by atoms with E-state index in [9.17, 15) is 0 Å². The van der Waals surface area contributed by atoms with Gasteiger partial charge in [-0.15, -0.1) is 0 Å². The van der Waals surface area contributed by atoms with Crippen LogP contribution >= 0.6 is 0 Å². The highest BCUT2D eigenvalue weighted by molar-refractivity contribution is 7.00. The highest BCUT2D eigenvalue weighted by atomic mass is 16.3. The van der Waals surface area contributed by atoms with Crippen LogP contribution in [0, 0.1) is 6.92 Å². The van der Waals surface area contributed by atoms with Gasteiger partial charge in [0.25, 0.3) is 6.71 Å². The molecule has 0 fully saturated rings. The van der Waals surface area contributed by atoms with Crippen molar-refractivity contribution in [3.63, 3.8) is 0 Å². The van der Waals surface area contributed by atoms with E-state index in [1.54, 1.807) is 0 Å². The van der Waals surface area contributed by atoms with Gasteiger partial charge in [0, 0.05) is 39.1 Å². The van der Waals surface area contributed by atoms with Crippen LogP contribution in [0.25, 0.3) is 22.1 Å². The summed E-state index contributed by atoms with van der Waals surface area (Å²) in [6, 6.07) is 40.9.